The average Bonchev–Trinajstić information content (AvgIpc) is 2.30. The van der Waals surface area contributed by atoms with E-state index in [1.54, 1.807) is 0 Å². The smallest absolute Gasteiger partial charge is 0.166 e. The van der Waals surface area contributed by atoms with Crippen molar-refractivity contribution in [3.63, 3.8) is 0 Å². The number of hydrogen-bond acceptors (Lipinski definition) is 2. The Morgan fingerprint density at radius 3 is 2.80 bits per heavy atom. The van der Waals surface area contributed by atoms with Crippen molar-refractivity contribution in [3.05, 3.63) is 35.9 Å². The summed E-state index contributed by atoms with van der Waals surface area (Å²) >= 11 is 5.07. The summed E-state index contributed by atoms with van der Waals surface area (Å²) in [5.41, 5.74) is 6.99. The Hall–Kier alpha value is -1.13. The molecule has 1 aromatic rings. The van der Waals surface area contributed by atoms with Crippen LogP contribution >= 0.6 is 12.2 Å². The molecule has 1 aromatic carbocycles. The second-order valence-electron chi connectivity index (χ2n) is 3.66. The molecule has 0 bridgehead atoms. The van der Waals surface area contributed by atoms with Gasteiger partial charge in [0.05, 0.1) is 6.04 Å². The maximum absolute atomic E-state index is 5.72. The van der Waals surface area contributed by atoms with E-state index in [0.717, 1.165) is 19.6 Å². The van der Waals surface area contributed by atoms with Crippen LogP contribution in [0.15, 0.2) is 30.3 Å². The minimum Gasteiger partial charge on any atom is -0.376 e. The molecule has 0 aromatic heterocycles. The quantitative estimate of drug-likeness (QED) is 0.691. The van der Waals surface area contributed by atoms with Crippen LogP contribution in [0.25, 0.3) is 0 Å². The standard InChI is InChI=1S/C11H15N3S/c12-11(15)14-7-6-13-8-10(14)9-4-2-1-3-5-9/h1-5,10,13H,6-8H2,(H2,12,15). The fraction of sp³-hybridized carbons (Fsp3) is 0.364. The van der Waals surface area contributed by atoms with E-state index < -0.39 is 0 Å². The van der Waals surface area contributed by atoms with Crippen LogP contribution < -0.4 is 11.1 Å². The molecule has 0 amide bonds. The molecule has 0 saturated carbocycles. The van der Waals surface area contributed by atoms with Crippen molar-refractivity contribution < 1.29 is 0 Å². The molecule has 0 radical (unpaired) electrons. The number of nitrogens with zero attached hydrogens (tertiary/aromatic N) is 1. The molecule has 0 aliphatic carbocycles. The first-order chi connectivity index (χ1) is 7.29. The summed E-state index contributed by atoms with van der Waals surface area (Å²) < 4.78 is 0. The zero-order valence-electron chi connectivity index (χ0n) is 8.52. The van der Waals surface area contributed by atoms with E-state index >= 15 is 0 Å². The molecular weight excluding hydrogens is 206 g/mol. The summed E-state index contributed by atoms with van der Waals surface area (Å²) in [7, 11) is 0. The van der Waals surface area contributed by atoms with Gasteiger partial charge in [0, 0.05) is 19.6 Å². The second-order valence-corrected chi connectivity index (χ2v) is 4.08. The molecule has 2 rings (SSSR count). The highest BCUT2D eigenvalue weighted by Gasteiger charge is 2.23. The lowest BCUT2D eigenvalue weighted by Gasteiger charge is -2.36. The Balaban J connectivity index is 2.22. The Morgan fingerprint density at radius 1 is 1.40 bits per heavy atom. The number of thiocarbonyl (C=S) groups is 1. The largest absolute Gasteiger partial charge is 0.376 e. The summed E-state index contributed by atoms with van der Waals surface area (Å²) in [6.07, 6.45) is 0. The maximum Gasteiger partial charge on any atom is 0.166 e. The predicted octanol–water partition coefficient (Wildman–Crippen LogP) is 0.876. The van der Waals surface area contributed by atoms with Crippen molar-refractivity contribution in [2.24, 2.45) is 5.73 Å². The van der Waals surface area contributed by atoms with Gasteiger partial charge >= 0.3 is 0 Å². The summed E-state index contributed by atoms with van der Waals surface area (Å²) in [6.45, 7) is 2.73. The average molecular weight is 221 g/mol. The lowest BCUT2D eigenvalue weighted by Crippen LogP contribution is -2.50. The third-order valence-electron chi connectivity index (χ3n) is 2.71. The van der Waals surface area contributed by atoms with Crippen molar-refractivity contribution in [2.45, 2.75) is 6.04 Å². The van der Waals surface area contributed by atoms with E-state index in [4.69, 9.17) is 18.0 Å². The highest BCUT2D eigenvalue weighted by Crippen LogP contribution is 2.21. The van der Waals surface area contributed by atoms with Gasteiger partial charge in [-0.05, 0) is 17.8 Å². The highest BCUT2D eigenvalue weighted by atomic mass is 32.1. The first-order valence-electron chi connectivity index (χ1n) is 5.11. The molecule has 1 aliphatic rings. The zero-order valence-corrected chi connectivity index (χ0v) is 9.33. The van der Waals surface area contributed by atoms with E-state index in [9.17, 15) is 0 Å². The number of hydrogen-bond donors (Lipinski definition) is 2. The molecule has 1 atom stereocenters. The summed E-state index contributed by atoms with van der Waals surface area (Å²) in [6, 6.07) is 10.6. The second kappa shape index (κ2) is 4.59. The summed E-state index contributed by atoms with van der Waals surface area (Å²) in [4.78, 5) is 2.08. The van der Waals surface area contributed by atoms with Crippen molar-refractivity contribution in [2.75, 3.05) is 19.6 Å². The number of piperazine rings is 1. The van der Waals surface area contributed by atoms with E-state index in [1.165, 1.54) is 5.56 Å². The Bertz CT molecular complexity index is 339. The van der Waals surface area contributed by atoms with Gasteiger partial charge < -0.3 is 16.0 Å². The van der Waals surface area contributed by atoms with Gasteiger partial charge in [0.1, 0.15) is 0 Å². The van der Waals surface area contributed by atoms with E-state index in [1.807, 2.05) is 18.2 Å². The first kappa shape index (κ1) is 10.4. The maximum atomic E-state index is 5.72. The van der Waals surface area contributed by atoms with Crippen LogP contribution in [0.2, 0.25) is 0 Å². The van der Waals surface area contributed by atoms with Crippen molar-refractivity contribution in [1.82, 2.24) is 10.2 Å². The van der Waals surface area contributed by atoms with Crippen LogP contribution in [0.5, 0.6) is 0 Å². The monoisotopic (exact) mass is 221 g/mol. The molecule has 3 N–H and O–H groups in total. The van der Waals surface area contributed by atoms with Crippen LogP contribution in [0, 0.1) is 0 Å². The zero-order chi connectivity index (χ0) is 10.7. The number of benzene rings is 1. The number of nitrogens with one attached hydrogen (secondary N) is 1. The molecule has 80 valence electrons. The van der Waals surface area contributed by atoms with Crippen LogP contribution in [-0.2, 0) is 0 Å². The highest BCUT2D eigenvalue weighted by molar-refractivity contribution is 7.80. The van der Waals surface area contributed by atoms with Gasteiger partial charge in [-0.1, -0.05) is 30.3 Å². The molecule has 1 heterocycles. The summed E-state index contributed by atoms with van der Waals surface area (Å²) in [5.74, 6) is 0. The van der Waals surface area contributed by atoms with Gasteiger partial charge in [-0.2, -0.15) is 0 Å². The molecule has 0 spiro atoms. The van der Waals surface area contributed by atoms with E-state index in [-0.39, 0.29) is 6.04 Å². The van der Waals surface area contributed by atoms with Gasteiger partial charge in [0.15, 0.2) is 5.11 Å². The third-order valence-corrected chi connectivity index (χ3v) is 2.95. The van der Waals surface area contributed by atoms with Gasteiger partial charge in [0.2, 0.25) is 0 Å². The predicted molar refractivity (Wildman–Crippen MR) is 65.5 cm³/mol. The fourth-order valence-electron chi connectivity index (χ4n) is 1.94. The molecule has 15 heavy (non-hydrogen) atoms. The Labute approximate surface area is 95.3 Å². The number of nitrogens with two attached hydrogens (primary N) is 1. The van der Waals surface area contributed by atoms with Crippen molar-refractivity contribution in [1.29, 1.82) is 0 Å². The van der Waals surface area contributed by atoms with Crippen LogP contribution in [0.3, 0.4) is 0 Å². The SMILES string of the molecule is NC(=S)N1CCNCC1c1ccccc1. The minimum atomic E-state index is 0.275. The Morgan fingerprint density at radius 2 is 2.13 bits per heavy atom. The molecule has 4 heteroatoms. The van der Waals surface area contributed by atoms with Crippen molar-refractivity contribution in [3.8, 4) is 0 Å². The minimum absolute atomic E-state index is 0.275. The van der Waals surface area contributed by atoms with Gasteiger partial charge in [-0.25, -0.2) is 0 Å². The van der Waals surface area contributed by atoms with Crippen LogP contribution in [-0.4, -0.2) is 29.6 Å². The van der Waals surface area contributed by atoms with Gasteiger partial charge in [-0.3, -0.25) is 0 Å². The molecule has 1 aliphatic heterocycles. The fourth-order valence-corrected chi connectivity index (χ4v) is 2.16. The molecule has 1 saturated heterocycles. The topological polar surface area (TPSA) is 41.3 Å². The molecule has 3 nitrogen and oxygen atoms in total. The third kappa shape index (κ3) is 2.27. The van der Waals surface area contributed by atoms with Gasteiger partial charge in [0.25, 0.3) is 0 Å². The molecule has 1 fully saturated rings. The van der Waals surface area contributed by atoms with E-state index in [2.05, 4.69) is 22.3 Å². The van der Waals surface area contributed by atoms with Crippen LogP contribution in [0.4, 0.5) is 0 Å². The van der Waals surface area contributed by atoms with Gasteiger partial charge in [-0.15, -0.1) is 0 Å². The number of rotatable bonds is 1. The van der Waals surface area contributed by atoms with Crippen LogP contribution in [0.1, 0.15) is 11.6 Å². The lowest BCUT2D eigenvalue weighted by atomic mass is 10.0. The normalized spacial score (nSPS) is 21.3. The first-order valence-corrected chi connectivity index (χ1v) is 5.51. The van der Waals surface area contributed by atoms with Crippen molar-refractivity contribution >= 4 is 17.3 Å². The molecule has 1 unspecified atom stereocenters. The molecular formula is C11H15N3S. The lowest BCUT2D eigenvalue weighted by molar-refractivity contribution is 0.263. The van der Waals surface area contributed by atoms with E-state index in [0.29, 0.717) is 5.11 Å². The Kier molecular flexibility index (Phi) is 3.18. The summed E-state index contributed by atoms with van der Waals surface area (Å²) in [5, 5.41) is 3.85.